The van der Waals surface area contributed by atoms with Crippen LogP contribution in [0.3, 0.4) is 0 Å². The van der Waals surface area contributed by atoms with Gasteiger partial charge in [-0.25, -0.2) is 0 Å². The molecule has 3 nitrogen and oxygen atoms in total. The van der Waals surface area contributed by atoms with Crippen LogP contribution < -0.4 is 5.32 Å². The Labute approximate surface area is 122 Å². The van der Waals surface area contributed by atoms with E-state index in [2.05, 4.69) is 36.0 Å². The number of aromatic nitrogens is 2. The number of rotatable bonds is 5. The van der Waals surface area contributed by atoms with Gasteiger partial charge in [0.05, 0.1) is 23.0 Å². The first kappa shape index (κ1) is 14.6. The van der Waals surface area contributed by atoms with Gasteiger partial charge < -0.3 is 5.32 Å². The number of nitrogens with zero attached hydrogens (tertiary/aromatic N) is 2. The topological polar surface area (TPSA) is 29.9 Å². The Morgan fingerprint density at radius 2 is 2.39 bits per heavy atom. The lowest BCUT2D eigenvalue weighted by atomic mass is 10.1. The molecule has 0 saturated carbocycles. The molecule has 0 aliphatic carbocycles. The van der Waals surface area contributed by atoms with Gasteiger partial charge in [0.15, 0.2) is 0 Å². The molecule has 2 atom stereocenters. The maximum atomic E-state index is 6.33. The van der Waals surface area contributed by atoms with Gasteiger partial charge in [-0.15, -0.1) is 0 Å². The van der Waals surface area contributed by atoms with Crippen LogP contribution in [0.15, 0.2) is 6.20 Å². The van der Waals surface area contributed by atoms with Gasteiger partial charge in [-0.05, 0) is 13.5 Å². The Kier molecular flexibility index (Phi) is 5.73. The highest BCUT2D eigenvalue weighted by Gasteiger charge is 2.29. The molecule has 2 unspecified atom stereocenters. The van der Waals surface area contributed by atoms with Crippen LogP contribution in [0.2, 0.25) is 5.02 Å². The smallest absolute Gasteiger partial charge is 0.0834 e. The Balaban J connectivity index is 2.24. The van der Waals surface area contributed by atoms with E-state index in [0.717, 1.165) is 23.8 Å². The summed E-state index contributed by atoms with van der Waals surface area (Å²) in [6, 6.07) is 0.308. The number of halogens is 1. The van der Waals surface area contributed by atoms with E-state index in [4.69, 9.17) is 11.6 Å². The number of hydrogen-bond donors (Lipinski definition) is 1. The van der Waals surface area contributed by atoms with E-state index in [9.17, 15) is 0 Å². The molecule has 1 aliphatic rings. The number of nitrogens with one attached hydrogen (secondary N) is 1. The first-order valence-corrected chi connectivity index (χ1v) is 9.00. The summed E-state index contributed by atoms with van der Waals surface area (Å²) in [6.45, 7) is 6.08. The second-order valence-electron chi connectivity index (χ2n) is 4.21. The summed E-state index contributed by atoms with van der Waals surface area (Å²) in [7, 11) is 0. The van der Waals surface area contributed by atoms with Gasteiger partial charge in [0, 0.05) is 29.1 Å². The molecule has 0 amide bonds. The fourth-order valence-electron chi connectivity index (χ4n) is 2.26. The van der Waals surface area contributed by atoms with Crippen molar-refractivity contribution in [3.05, 3.63) is 16.9 Å². The third kappa shape index (κ3) is 3.18. The van der Waals surface area contributed by atoms with E-state index in [1.54, 1.807) is 6.20 Å². The van der Waals surface area contributed by atoms with E-state index >= 15 is 0 Å². The third-order valence-electron chi connectivity index (χ3n) is 3.06. The van der Waals surface area contributed by atoms with Gasteiger partial charge in [0.25, 0.3) is 0 Å². The molecular weight excluding hydrogens is 286 g/mol. The van der Waals surface area contributed by atoms with Gasteiger partial charge >= 0.3 is 0 Å². The molecule has 2 heterocycles. The van der Waals surface area contributed by atoms with Crippen LogP contribution in [0.1, 0.15) is 25.6 Å². The standard InChI is InChI=1S/C12H20ClN3S2/c1-3-14-11(10-8-17-5-6-18-10)12-9(13)7-15-16(12)4-2/h7,10-11,14H,3-6,8H2,1-2H3. The van der Waals surface area contributed by atoms with Crippen molar-refractivity contribution >= 4 is 35.1 Å². The van der Waals surface area contributed by atoms with Crippen molar-refractivity contribution in [3.63, 3.8) is 0 Å². The Bertz CT molecular complexity index is 377. The van der Waals surface area contributed by atoms with Crippen LogP contribution in [0.25, 0.3) is 0 Å². The van der Waals surface area contributed by atoms with Gasteiger partial charge in [0.1, 0.15) is 0 Å². The number of thioether (sulfide) groups is 2. The minimum atomic E-state index is 0.308. The minimum Gasteiger partial charge on any atom is -0.308 e. The van der Waals surface area contributed by atoms with Crippen LogP contribution in [-0.2, 0) is 6.54 Å². The van der Waals surface area contributed by atoms with Gasteiger partial charge in [-0.2, -0.15) is 28.6 Å². The van der Waals surface area contributed by atoms with Crippen LogP contribution in [0, 0.1) is 0 Å². The molecule has 0 bridgehead atoms. The molecule has 1 aliphatic heterocycles. The van der Waals surface area contributed by atoms with Gasteiger partial charge in [-0.1, -0.05) is 18.5 Å². The summed E-state index contributed by atoms with van der Waals surface area (Å²) in [6.07, 6.45) is 1.77. The maximum absolute atomic E-state index is 6.33. The lowest BCUT2D eigenvalue weighted by Crippen LogP contribution is -2.35. The monoisotopic (exact) mass is 305 g/mol. The summed E-state index contributed by atoms with van der Waals surface area (Å²) in [5, 5.41) is 9.33. The summed E-state index contributed by atoms with van der Waals surface area (Å²) in [5.74, 6) is 3.68. The summed E-state index contributed by atoms with van der Waals surface area (Å²) in [4.78, 5) is 0. The van der Waals surface area contributed by atoms with Gasteiger partial charge in [0.2, 0.25) is 0 Å². The zero-order valence-electron chi connectivity index (χ0n) is 10.9. The summed E-state index contributed by atoms with van der Waals surface area (Å²) >= 11 is 10.4. The summed E-state index contributed by atoms with van der Waals surface area (Å²) < 4.78 is 2.02. The largest absolute Gasteiger partial charge is 0.308 e. The Hall–Kier alpha value is 0.160. The zero-order valence-corrected chi connectivity index (χ0v) is 13.2. The average molecular weight is 306 g/mol. The molecular formula is C12H20ClN3S2. The molecule has 1 fully saturated rings. The van der Waals surface area contributed by atoms with Crippen molar-refractivity contribution < 1.29 is 0 Å². The molecule has 0 radical (unpaired) electrons. The molecule has 6 heteroatoms. The Morgan fingerprint density at radius 3 is 3.00 bits per heavy atom. The highest BCUT2D eigenvalue weighted by molar-refractivity contribution is 8.06. The van der Waals surface area contributed by atoms with Crippen molar-refractivity contribution in [3.8, 4) is 0 Å². The molecule has 2 rings (SSSR count). The Morgan fingerprint density at radius 1 is 1.56 bits per heavy atom. The lowest BCUT2D eigenvalue weighted by Gasteiger charge is -2.30. The third-order valence-corrected chi connectivity index (χ3v) is 6.22. The maximum Gasteiger partial charge on any atom is 0.0834 e. The van der Waals surface area contributed by atoms with E-state index in [1.165, 1.54) is 17.3 Å². The van der Waals surface area contributed by atoms with E-state index in [-0.39, 0.29) is 0 Å². The number of aryl methyl sites for hydroxylation is 1. The summed E-state index contributed by atoms with van der Waals surface area (Å²) in [5.41, 5.74) is 1.15. The van der Waals surface area contributed by atoms with Crippen molar-refractivity contribution in [2.24, 2.45) is 0 Å². The van der Waals surface area contributed by atoms with Crippen molar-refractivity contribution in [2.45, 2.75) is 31.7 Å². The molecule has 102 valence electrons. The van der Waals surface area contributed by atoms with Crippen LogP contribution in [0.5, 0.6) is 0 Å². The van der Waals surface area contributed by atoms with Crippen molar-refractivity contribution in [2.75, 3.05) is 23.8 Å². The van der Waals surface area contributed by atoms with Crippen LogP contribution >= 0.6 is 35.1 Å². The first-order chi connectivity index (χ1) is 8.77. The molecule has 1 N–H and O–H groups in total. The number of hydrogen-bond acceptors (Lipinski definition) is 4. The second kappa shape index (κ2) is 7.08. The molecule has 0 aromatic carbocycles. The highest BCUT2D eigenvalue weighted by Crippen LogP contribution is 2.36. The predicted molar refractivity (Wildman–Crippen MR) is 82.9 cm³/mol. The zero-order chi connectivity index (χ0) is 13.0. The highest BCUT2D eigenvalue weighted by atomic mass is 35.5. The molecule has 1 aromatic heterocycles. The van der Waals surface area contributed by atoms with Crippen LogP contribution in [0.4, 0.5) is 0 Å². The second-order valence-corrected chi connectivity index (χ2v) is 7.12. The molecule has 0 spiro atoms. The molecule has 1 saturated heterocycles. The average Bonchev–Trinajstić information content (AvgIpc) is 2.78. The van der Waals surface area contributed by atoms with Crippen molar-refractivity contribution in [1.82, 2.24) is 15.1 Å². The fourth-order valence-corrected chi connectivity index (χ4v) is 5.36. The van der Waals surface area contributed by atoms with Crippen LogP contribution in [-0.4, -0.2) is 38.8 Å². The lowest BCUT2D eigenvalue weighted by molar-refractivity contribution is 0.491. The SMILES string of the molecule is CCNC(c1c(Cl)cnn1CC)C1CSCCS1. The predicted octanol–water partition coefficient (Wildman–Crippen LogP) is 3.06. The molecule has 1 aromatic rings. The van der Waals surface area contributed by atoms with Crippen molar-refractivity contribution in [1.29, 1.82) is 0 Å². The quantitative estimate of drug-likeness (QED) is 0.905. The normalized spacial score (nSPS) is 22.1. The molecule has 18 heavy (non-hydrogen) atoms. The first-order valence-electron chi connectivity index (χ1n) is 6.41. The van der Waals surface area contributed by atoms with E-state index < -0.39 is 0 Å². The minimum absolute atomic E-state index is 0.308. The fraction of sp³-hybridized carbons (Fsp3) is 0.750. The van der Waals surface area contributed by atoms with Gasteiger partial charge in [-0.3, -0.25) is 4.68 Å². The van der Waals surface area contributed by atoms with E-state index in [1.807, 2.05) is 16.4 Å². The van der Waals surface area contributed by atoms with E-state index in [0.29, 0.717) is 11.3 Å².